The molecule has 0 aliphatic carbocycles. The van der Waals surface area contributed by atoms with Crippen LogP contribution in [0.15, 0.2) is 18.5 Å². The molecule has 3 heterocycles. The van der Waals surface area contributed by atoms with Gasteiger partial charge in [-0.15, -0.1) is 0 Å². The van der Waals surface area contributed by atoms with Crippen molar-refractivity contribution in [3.05, 3.63) is 35.4 Å². The molecule has 0 spiro atoms. The lowest BCUT2D eigenvalue weighted by molar-refractivity contribution is -0.156. The van der Waals surface area contributed by atoms with Crippen LogP contribution in [0.25, 0.3) is 4.85 Å². The van der Waals surface area contributed by atoms with Crippen LogP contribution < -0.4 is 0 Å². The van der Waals surface area contributed by atoms with Gasteiger partial charge < -0.3 is 0 Å². The van der Waals surface area contributed by atoms with E-state index in [9.17, 15) is 13.6 Å². The predicted octanol–water partition coefficient (Wildman–Crippen LogP) is 2.80. The van der Waals surface area contributed by atoms with Crippen LogP contribution in [0.3, 0.4) is 0 Å². The number of carbonyl (C=O) groups excluding carboxylic acids is 1. The fraction of sp³-hybridized carbons (Fsp3) is 0.533. The highest BCUT2D eigenvalue weighted by Crippen LogP contribution is 2.48. The first-order chi connectivity index (χ1) is 10.3. The van der Waals surface area contributed by atoms with E-state index in [0.29, 0.717) is 24.2 Å². The van der Waals surface area contributed by atoms with Crippen LogP contribution in [0.4, 0.5) is 14.5 Å². The van der Waals surface area contributed by atoms with Crippen molar-refractivity contribution in [2.75, 3.05) is 13.1 Å². The smallest absolute Gasteiger partial charge is 0.260 e. The average Bonchev–Trinajstić information content (AvgIpc) is 2.98. The van der Waals surface area contributed by atoms with Crippen LogP contribution in [0.5, 0.6) is 0 Å². The Hall–Kier alpha value is -2.07. The van der Waals surface area contributed by atoms with E-state index in [1.807, 2.05) is 0 Å². The number of pyridine rings is 1. The summed E-state index contributed by atoms with van der Waals surface area (Å²) >= 11 is 0. The monoisotopic (exact) mass is 306 g/mol. The molecule has 2 atom stereocenters. The van der Waals surface area contributed by atoms with Crippen molar-refractivity contribution < 1.29 is 13.6 Å². The quantitative estimate of drug-likeness (QED) is 0.789. The second-order valence-electron chi connectivity index (χ2n) is 6.15. The zero-order valence-electron chi connectivity index (χ0n) is 12.4. The number of carbonyl (C=O) groups is 1. The lowest BCUT2D eigenvalue weighted by Crippen LogP contribution is -2.45. The predicted molar refractivity (Wildman–Crippen MR) is 75.0 cm³/mol. The first-order valence-electron chi connectivity index (χ1n) is 7.07. The molecule has 0 bridgehead atoms. The van der Waals surface area contributed by atoms with Crippen LogP contribution in [-0.2, 0) is 4.79 Å². The molecular formula is C15H16F2N4O. The molecule has 0 aromatic carbocycles. The molecule has 116 valence electrons. The third-order valence-electron chi connectivity index (χ3n) is 4.67. The summed E-state index contributed by atoms with van der Waals surface area (Å²) in [6.07, 6.45) is 3.69. The Kier molecular flexibility index (Phi) is 3.18. The summed E-state index contributed by atoms with van der Waals surface area (Å²) in [5, 5.41) is 3.12. The van der Waals surface area contributed by atoms with Crippen molar-refractivity contribution in [1.29, 1.82) is 0 Å². The van der Waals surface area contributed by atoms with Gasteiger partial charge in [0.25, 0.3) is 11.8 Å². The van der Waals surface area contributed by atoms with Gasteiger partial charge in [-0.2, -0.15) is 0 Å². The van der Waals surface area contributed by atoms with Crippen LogP contribution >= 0.6 is 0 Å². The second kappa shape index (κ2) is 4.71. The van der Waals surface area contributed by atoms with E-state index in [1.54, 1.807) is 17.3 Å². The molecule has 0 saturated carbocycles. The van der Waals surface area contributed by atoms with E-state index >= 15 is 0 Å². The Bertz CT molecular complexity index is 666. The van der Waals surface area contributed by atoms with Gasteiger partial charge >= 0.3 is 0 Å². The molecule has 1 aromatic rings. The molecular weight excluding hydrogens is 290 g/mol. The van der Waals surface area contributed by atoms with Crippen molar-refractivity contribution in [3.8, 4) is 0 Å². The molecule has 2 saturated heterocycles. The summed E-state index contributed by atoms with van der Waals surface area (Å²) in [6, 6.07) is 1.34. The maximum atomic E-state index is 13.9. The summed E-state index contributed by atoms with van der Waals surface area (Å²) in [7, 11) is 0. The van der Waals surface area contributed by atoms with E-state index in [0.717, 1.165) is 6.92 Å². The Morgan fingerprint density at radius 3 is 2.86 bits per heavy atom. The number of halogens is 2. The summed E-state index contributed by atoms with van der Waals surface area (Å²) < 4.78 is 27.8. The Morgan fingerprint density at radius 2 is 2.23 bits per heavy atom. The fourth-order valence-electron chi connectivity index (χ4n) is 3.13. The average molecular weight is 306 g/mol. The molecule has 22 heavy (non-hydrogen) atoms. The maximum Gasteiger partial charge on any atom is 0.260 e. The zero-order valence-corrected chi connectivity index (χ0v) is 12.4. The highest BCUT2D eigenvalue weighted by Gasteiger charge is 2.62. The van der Waals surface area contributed by atoms with Gasteiger partial charge in [-0.25, -0.2) is 18.6 Å². The maximum absolute atomic E-state index is 13.9. The Labute approximate surface area is 127 Å². The highest BCUT2D eigenvalue weighted by molar-refractivity contribution is 5.86. The van der Waals surface area contributed by atoms with E-state index in [4.69, 9.17) is 6.57 Å². The molecule has 5 nitrogen and oxygen atoms in total. The second-order valence-corrected chi connectivity index (χ2v) is 6.15. The largest absolute Gasteiger partial charge is 0.276 e. The normalized spacial score (nSPS) is 28.8. The van der Waals surface area contributed by atoms with Crippen molar-refractivity contribution in [2.45, 2.75) is 32.2 Å². The van der Waals surface area contributed by atoms with Crippen molar-refractivity contribution in [3.63, 3.8) is 0 Å². The Balaban J connectivity index is 1.95. The van der Waals surface area contributed by atoms with E-state index in [2.05, 4.69) is 9.83 Å². The lowest BCUT2D eigenvalue weighted by Gasteiger charge is -2.30. The molecule has 0 radical (unpaired) electrons. The van der Waals surface area contributed by atoms with Crippen LogP contribution in [-0.4, -0.2) is 39.9 Å². The molecule has 1 amide bonds. The molecule has 1 aromatic heterocycles. The van der Waals surface area contributed by atoms with Crippen LogP contribution in [0.1, 0.15) is 31.9 Å². The number of alkyl halides is 2. The summed E-state index contributed by atoms with van der Waals surface area (Å²) in [5.41, 5.74) is -0.615. The third kappa shape index (κ3) is 1.98. The van der Waals surface area contributed by atoms with Gasteiger partial charge in [0.2, 0.25) is 5.69 Å². The molecule has 3 rings (SSSR count). The highest BCUT2D eigenvalue weighted by atomic mass is 19.3. The first kappa shape index (κ1) is 14.9. The number of hydrogen-bond donors (Lipinski definition) is 0. The minimum absolute atomic E-state index is 0.0156. The Morgan fingerprint density at radius 1 is 1.50 bits per heavy atom. The van der Waals surface area contributed by atoms with Gasteiger partial charge in [-0.3, -0.25) is 14.8 Å². The molecule has 7 heteroatoms. The van der Waals surface area contributed by atoms with Gasteiger partial charge in [0, 0.05) is 32.4 Å². The molecule has 1 unspecified atom stereocenters. The van der Waals surface area contributed by atoms with E-state index < -0.39 is 17.2 Å². The van der Waals surface area contributed by atoms with Crippen LogP contribution in [0, 0.1) is 12.0 Å². The molecule has 2 fully saturated rings. The van der Waals surface area contributed by atoms with Gasteiger partial charge in [0.05, 0.1) is 12.6 Å². The molecule has 2 aliphatic rings. The fourth-order valence-corrected chi connectivity index (χ4v) is 3.13. The standard InChI is InChI=1S/C15H16F2N4O/c1-14(15(2,16)17)9-20-5-4-12(21(20)13(14)22)10-6-11(18-3)8-19-7-10/h6-8,12H,4-5,9H2,1-2H3/t12-,14?/m1/s1. The number of hydrazine groups is 1. The van der Waals surface area contributed by atoms with Crippen molar-refractivity contribution >= 4 is 11.6 Å². The number of hydrogen-bond acceptors (Lipinski definition) is 3. The SMILES string of the molecule is [C-]#[N+]c1cncc([C@H]2CCN3CC(C)(C(C)(F)F)C(=O)N23)c1. The van der Waals surface area contributed by atoms with E-state index in [1.165, 1.54) is 18.1 Å². The summed E-state index contributed by atoms with van der Waals surface area (Å²) in [5.74, 6) is -3.65. The van der Waals surface area contributed by atoms with E-state index in [-0.39, 0.29) is 12.6 Å². The van der Waals surface area contributed by atoms with Crippen molar-refractivity contribution in [1.82, 2.24) is 15.0 Å². The van der Waals surface area contributed by atoms with Crippen molar-refractivity contribution in [2.24, 2.45) is 5.41 Å². The number of amides is 1. The minimum atomic E-state index is -3.09. The number of fused-ring (bicyclic) bond motifs is 1. The van der Waals surface area contributed by atoms with Crippen LogP contribution in [0.2, 0.25) is 0 Å². The topological polar surface area (TPSA) is 40.8 Å². The zero-order chi connectivity index (χ0) is 16.1. The first-order valence-corrected chi connectivity index (χ1v) is 7.07. The number of nitrogens with zero attached hydrogens (tertiary/aromatic N) is 4. The number of rotatable bonds is 2. The number of aromatic nitrogens is 1. The summed E-state index contributed by atoms with van der Waals surface area (Å²) in [6.45, 7) is 9.71. The minimum Gasteiger partial charge on any atom is -0.276 e. The van der Waals surface area contributed by atoms with Gasteiger partial charge in [-0.05, 0) is 25.0 Å². The van der Waals surface area contributed by atoms with Gasteiger partial charge in [0.1, 0.15) is 5.41 Å². The van der Waals surface area contributed by atoms with Gasteiger partial charge in [0.15, 0.2) is 0 Å². The third-order valence-corrected chi connectivity index (χ3v) is 4.67. The molecule has 2 aliphatic heterocycles. The van der Waals surface area contributed by atoms with Gasteiger partial charge in [-0.1, -0.05) is 0 Å². The molecule has 0 N–H and O–H groups in total. The lowest BCUT2D eigenvalue weighted by atomic mass is 9.83. The summed E-state index contributed by atoms with van der Waals surface area (Å²) in [4.78, 5) is 19.9.